The van der Waals surface area contributed by atoms with Gasteiger partial charge in [-0.2, -0.15) is 0 Å². The van der Waals surface area contributed by atoms with Crippen LogP contribution < -0.4 is 21.1 Å². The third-order valence-electron chi connectivity index (χ3n) is 5.65. The number of hydrogen-bond acceptors (Lipinski definition) is 9. The average molecular weight is 583 g/mol. The summed E-state index contributed by atoms with van der Waals surface area (Å²) >= 11 is 1.46. The van der Waals surface area contributed by atoms with Crippen LogP contribution in [0, 0.1) is 5.41 Å². The third-order valence-corrected chi connectivity index (χ3v) is 6.81. The van der Waals surface area contributed by atoms with E-state index in [4.69, 9.17) is 15.9 Å². The molecule has 2 aromatic heterocycles. The van der Waals surface area contributed by atoms with Crippen molar-refractivity contribution >= 4 is 41.3 Å². The van der Waals surface area contributed by atoms with Crippen molar-refractivity contribution in [2.45, 2.75) is 47.2 Å². The Morgan fingerprint density at radius 2 is 1.90 bits per heavy atom. The van der Waals surface area contributed by atoms with Gasteiger partial charge in [-0.15, -0.1) is 11.3 Å². The van der Waals surface area contributed by atoms with Crippen molar-refractivity contribution in [3.8, 4) is 5.88 Å². The number of rotatable bonds is 8. The summed E-state index contributed by atoms with van der Waals surface area (Å²) in [6.07, 6.45) is 4.36. The van der Waals surface area contributed by atoms with E-state index in [2.05, 4.69) is 15.6 Å². The van der Waals surface area contributed by atoms with Crippen molar-refractivity contribution in [3.63, 3.8) is 0 Å². The van der Waals surface area contributed by atoms with Crippen LogP contribution in [0.3, 0.4) is 0 Å². The van der Waals surface area contributed by atoms with Crippen LogP contribution in [-0.4, -0.2) is 61.4 Å². The summed E-state index contributed by atoms with van der Waals surface area (Å²) in [6.45, 7) is 9.76. The number of nitrogens with zero attached hydrogens (tertiary/aromatic N) is 2. The molecular formula is C30H42N6O4S. The summed E-state index contributed by atoms with van der Waals surface area (Å²) in [4.78, 5) is 43.0. The number of methoxy groups -OCH3 is 1. The number of aldehydes is 1. The van der Waals surface area contributed by atoms with E-state index < -0.39 is 5.91 Å². The zero-order valence-electron chi connectivity index (χ0n) is 24.7. The van der Waals surface area contributed by atoms with Crippen molar-refractivity contribution in [1.29, 1.82) is 5.41 Å². The van der Waals surface area contributed by atoms with Gasteiger partial charge in [-0.25, -0.2) is 4.98 Å². The number of hydrogen-bond donors (Lipinski definition) is 4. The van der Waals surface area contributed by atoms with E-state index in [9.17, 15) is 14.4 Å². The highest BCUT2D eigenvalue weighted by Crippen LogP contribution is 2.27. The number of ether oxygens (including phenoxy) is 1. The molecule has 0 unspecified atom stereocenters. The van der Waals surface area contributed by atoms with Gasteiger partial charge in [0.2, 0.25) is 11.8 Å². The molecule has 0 atom stereocenters. The summed E-state index contributed by atoms with van der Waals surface area (Å²) in [5.41, 5.74) is 9.10. The van der Waals surface area contributed by atoms with E-state index in [1.165, 1.54) is 23.0 Å². The minimum absolute atomic E-state index is 0.108. The molecular weight excluding hydrogens is 540 g/mol. The second-order valence-corrected chi connectivity index (χ2v) is 9.36. The first-order chi connectivity index (χ1) is 19.9. The molecule has 0 saturated heterocycles. The Morgan fingerprint density at radius 1 is 1.17 bits per heavy atom. The highest BCUT2D eigenvalue weighted by atomic mass is 32.1. The highest BCUT2D eigenvalue weighted by Gasteiger charge is 2.23. The number of nitrogens with two attached hydrogens (primary N) is 1. The molecule has 1 aromatic carbocycles. The van der Waals surface area contributed by atoms with Crippen LogP contribution in [0.25, 0.3) is 0 Å². The van der Waals surface area contributed by atoms with Crippen LogP contribution in [0.5, 0.6) is 5.88 Å². The number of carbonyl (C=O) groups excluding carboxylic acids is 3. The number of fused-ring (bicyclic) bond motifs is 1. The third kappa shape index (κ3) is 10.8. The fraction of sp³-hybridized carbons (Fsp3) is 0.367. The highest BCUT2D eigenvalue weighted by molar-refractivity contribution is 7.13. The molecule has 222 valence electrons. The molecule has 10 nitrogen and oxygen atoms in total. The molecule has 0 bridgehead atoms. The normalized spacial score (nSPS) is 11.1. The van der Waals surface area contributed by atoms with Crippen LogP contribution in [-0.2, 0) is 24.3 Å². The summed E-state index contributed by atoms with van der Waals surface area (Å²) < 4.78 is 4.96. The fourth-order valence-electron chi connectivity index (χ4n) is 3.71. The molecule has 4 rings (SSSR count). The summed E-state index contributed by atoms with van der Waals surface area (Å²) in [7, 11) is 3.53. The molecule has 11 heteroatoms. The van der Waals surface area contributed by atoms with Crippen LogP contribution >= 0.6 is 11.3 Å². The largest absolute Gasteiger partial charge is 0.481 e. The topological polar surface area (TPSA) is 151 Å². The van der Waals surface area contributed by atoms with E-state index in [1.54, 1.807) is 30.3 Å². The number of anilines is 1. The van der Waals surface area contributed by atoms with Gasteiger partial charge in [0.05, 0.1) is 18.5 Å². The number of aromatic nitrogens is 1. The van der Waals surface area contributed by atoms with Crippen LogP contribution in [0.2, 0.25) is 0 Å². The van der Waals surface area contributed by atoms with Crippen molar-refractivity contribution in [3.05, 3.63) is 74.6 Å². The Balaban J connectivity index is 0.000000468. The minimum Gasteiger partial charge on any atom is -0.481 e. The van der Waals surface area contributed by atoms with Crippen LogP contribution in [0.15, 0.2) is 42.6 Å². The summed E-state index contributed by atoms with van der Waals surface area (Å²) in [5.74, 6) is 0.0984. The first-order valence-electron chi connectivity index (χ1n) is 13.5. The first-order valence-corrected chi connectivity index (χ1v) is 14.4. The fourth-order valence-corrected chi connectivity index (χ4v) is 4.70. The Kier molecular flexibility index (Phi) is 16.2. The van der Waals surface area contributed by atoms with E-state index in [0.717, 1.165) is 29.5 Å². The lowest BCUT2D eigenvalue weighted by molar-refractivity contribution is -0.131. The number of nitrogens with one attached hydrogen (secondary N) is 3. The molecule has 41 heavy (non-hydrogen) atoms. The Bertz CT molecular complexity index is 1280. The molecule has 0 aliphatic carbocycles. The Hall–Kier alpha value is -4.09. The molecule has 3 heterocycles. The van der Waals surface area contributed by atoms with Gasteiger partial charge in [0.25, 0.3) is 5.91 Å². The molecule has 0 radical (unpaired) electrons. The lowest BCUT2D eigenvalue weighted by atomic mass is 10.1. The summed E-state index contributed by atoms with van der Waals surface area (Å²) in [6, 6.07) is 10.3. The van der Waals surface area contributed by atoms with Crippen LogP contribution in [0.4, 0.5) is 5.69 Å². The smallest absolute Gasteiger partial charge is 0.251 e. The Labute approximate surface area is 246 Å². The number of pyridine rings is 1. The average Bonchev–Trinajstić information content (AvgIpc) is 3.45. The maximum absolute atomic E-state index is 12.4. The van der Waals surface area contributed by atoms with Gasteiger partial charge in [0, 0.05) is 59.8 Å². The second-order valence-electron chi connectivity index (χ2n) is 8.19. The number of carbonyl (C=O) groups is 3. The molecule has 0 spiro atoms. The van der Waals surface area contributed by atoms with Crippen molar-refractivity contribution in [1.82, 2.24) is 20.5 Å². The molecule has 3 aromatic rings. The second kappa shape index (κ2) is 19.1. The van der Waals surface area contributed by atoms with Gasteiger partial charge in [0.1, 0.15) is 0 Å². The maximum Gasteiger partial charge on any atom is 0.251 e. The van der Waals surface area contributed by atoms with Gasteiger partial charge in [-0.1, -0.05) is 27.7 Å². The SMILES string of the molecule is CC.CC.CNCc1ccnc(OC)c1.N=Cc1cc(C(=O)NCC(=O)N2CCc3sc(C=O)cc3C2)ccc1N. The first kappa shape index (κ1) is 34.9. The van der Waals surface area contributed by atoms with Crippen molar-refractivity contribution in [2.24, 2.45) is 0 Å². The monoisotopic (exact) mass is 582 g/mol. The van der Waals surface area contributed by atoms with Gasteiger partial charge >= 0.3 is 0 Å². The van der Waals surface area contributed by atoms with Crippen molar-refractivity contribution < 1.29 is 19.1 Å². The van der Waals surface area contributed by atoms with Gasteiger partial charge in [-0.3, -0.25) is 14.4 Å². The predicted octanol–water partition coefficient (Wildman–Crippen LogP) is 4.32. The number of thiophene rings is 1. The number of benzene rings is 1. The quantitative estimate of drug-likeness (QED) is 0.175. The molecule has 1 aliphatic heterocycles. The van der Waals surface area contributed by atoms with Crippen molar-refractivity contribution in [2.75, 3.05) is 33.0 Å². The zero-order valence-corrected chi connectivity index (χ0v) is 25.6. The predicted molar refractivity (Wildman–Crippen MR) is 166 cm³/mol. The Morgan fingerprint density at radius 3 is 2.54 bits per heavy atom. The molecule has 0 saturated carbocycles. The van der Waals surface area contributed by atoms with E-state index in [-0.39, 0.29) is 12.5 Å². The number of nitrogen functional groups attached to an aromatic ring is 1. The van der Waals surface area contributed by atoms with E-state index in [1.807, 2.05) is 52.9 Å². The summed E-state index contributed by atoms with van der Waals surface area (Å²) in [5, 5.41) is 12.9. The lowest BCUT2D eigenvalue weighted by Crippen LogP contribution is -2.42. The molecule has 1 aliphatic rings. The zero-order chi connectivity index (χ0) is 30.8. The van der Waals surface area contributed by atoms with Gasteiger partial charge in [0.15, 0.2) is 6.29 Å². The lowest BCUT2D eigenvalue weighted by Gasteiger charge is -2.27. The van der Waals surface area contributed by atoms with Gasteiger partial charge < -0.3 is 31.4 Å². The maximum atomic E-state index is 12.4. The number of amides is 2. The molecule has 5 N–H and O–H groups in total. The van der Waals surface area contributed by atoms with Crippen LogP contribution in [0.1, 0.15) is 69.3 Å². The standard InChI is InChI=1S/C18H18N4O3S.C8H12N2O.2C2H6/c19-7-12-5-11(1-2-15(12)20)18(25)21-8-17(24)22-4-3-16-13(9-22)6-14(10-23)26-16;1-9-6-7-3-4-10-8(5-7)11-2;2*1-2/h1-2,5-7,10,19H,3-4,8-9,20H2,(H,21,25);3-5,9H,6H2,1-2H3;2*1-2H3. The molecule has 0 fully saturated rings. The molecule has 2 amide bonds. The van der Waals surface area contributed by atoms with E-state index in [0.29, 0.717) is 47.1 Å². The van der Waals surface area contributed by atoms with Gasteiger partial charge in [-0.05, 0) is 54.9 Å². The minimum atomic E-state index is -0.391. The van der Waals surface area contributed by atoms with E-state index >= 15 is 0 Å².